The lowest BCUT2D eigenvalue weighted by Crippen LogP contribution is -2.17. The molecule has 29 heavy (non-hydrogen) atoms. The first-order valence-electron chi connectivity index (χ1n) is 9.33. The van der Waals surface area contributed by atoms with Crippen molar-refractivity contribution in [3.8, 4) is 17.6 Å². The van der Waals surface area contributed by atoms with Crippen LogP contribution in [0.5, 0.6) is 5.75 Å². The number of hydrogen-bond donors (Lipinski definition) is 2. The van der Waals surface area contributed by atoms with Gasteiger partial charge in [-0.1, -0.05) is 37.3 Å². The van der Waals surface area contributed by atoms with Gasteiger partial charge in [-0.25, -0.2) is 13.2 Å². The number of aromatic carboxylic acids is 1. The van der Waals surface area contributed by atoms with Gasteiger partial charge in [0.05, 0.1) is 16.1 Å². The summed E-state index contributed by atoms with van der Waals surface area (Å²) in [5.41, 5.74) is 0.984. The van der Waals surface area contributed by atoms with E-state index in [2.05, 4.69) is 24.1 Å². The van der Waals surface area contributed by atoms with Gasteiger partial charge in [-0.05, 0) is 49.2 Å². The average molecular weight is 416 g/mol. The standard InChI is InChI=1S/C22H25NO5S/c1-3-4-5-6-7-15-28-18-11-13-19(14-12-18)29(26,27)16-23-21-17(2)9-8-10-20(21)22(24)25/h8-14,23H,3-5,15-16H2,1-2H3,(H,24,25). The van der Waals surface area contributed by atoms with Gasteiger partial charge in [0.1, 0.15) is 18.2 Å². The van der Waals surface area contributed by atoms with Gasteiger partial charge in [-0.2, -0.15) is 0 Å². The largest absolute Gasteiger partial charge is 0.481 e. The van der Waals surface area contributed by atoms with Gasteiger partial charge >= 0.3 is 5.97 Å². The van der Waals surface area contributed by atoms with Crippen molar-refractivity contribution in [1.29, 1.82) is 0 Å². The monoisotopic (exact) mass is 415 g/mol. The zero-order chi connectivity index (χ0) is 21.3. The Hall–Kier alpha value is -2.98. The van der Waals surface area contributed by atoms with E-state index in [9.17, 15) is 18.3 Å². The van der Waals surface area contributed by atoms with E-state index in [1.54, 1.807) is 31.2 Å². The highest BCUT2D eigenvalue weighted by Crippen LogP contribution is 2.22. The quantitative estimate of drug-likeness (QED) is 0.473. The zero-order valence-electron chi connectivity index (χ0n) is 16.6. The zero-order valence-corrected chi connectivity index (χ0v) is 17.4. The normalized spacial score (nSPS) is 10.7. The molecule has 2 aromatic carbocycles. The summed E-state index contributed by atoms with van der Waals surface area (Å²) in [4.78, 5) is 11.5. The third-order valence-electron chi connectivity index (χ3n) is 4.22. The molecule has 2 rings (SSSR count). The Morgan fingerprint density at radius 3 is 2.52 bits per heavy atom. The number of carboxylic acids is 1. The maximum absolute atomic E-state index is 12.6. The Morgan fingerprint density at radius 2 is 1.86 bits per heavy atom. The summed E-state index contributed by atoms with van der Waals surface area (Å²) in [6.07, 6.45) is 3.00. The van der Waals surface area contributed by atoms with Crippen molar-refractivity contribution in [2.24, 2.45) is 0 Å². The summed E-state index contributed by atoms with van der Waals surface area (Å²) in [7, 11) is -3.66. The van der Waals surface area contributed by atoms with Crippen LogP contribution in [0.1, 0.15) is 42.1 Å². The Bertz CT molecular complexity index is 1000. The molecule has 0 atom stereocenters. The molecule has 0 radical (unpaired) electrons. The van der Waals surface area contributed by atoms with Gasteiger partial charge in [0.2, 0.25) is 0 Å². The van der Waals surface area contributed by atoms with Crippen molar-refractivity contribution in [3.05, 3.63) is 53.6 Å². The molecule has 0 aliphatic heterocycles. The fourth-order valence-electron chi connectivity index (χ4n) is 2.60. The highest BCUT2D eigenvalue weighted by Gasteiger charge is 2.17. The van der Waals surface area contributed by atoms with Crippen LogP contribution in [0.2, 0.25) is 0 Å². The van der Waals surface area contributed by atoms with E-state index in [4.69, 9.17) is 4.74 Å². The molecule has 0 fully saturated rings. The number of ether oxygens (including phenoxy) is 1. The molecule has 0 aliphatic carbocycles. The minimum absolute atomic E-state index is 0.0315. The Morgan fingerprint density at radius 1 is 1.14 bits per heavy atom. The van der Waals surface area contributed by atoms with Crippen LogP contribution in [-0.4, -0.2) is 32.0 Å². The number of anilines is 1. The van der Waals surface area contributed by atoms with Gasteiger partial charge in [0, 0.05) is 6.42 Å². The second kappa shape index (κ2) is 10.5. The van der Waals surface area contributed by atoms with Crippen LogP contribution >= 0.6 is 0 Å². The molecule has 0 unspecified atom stereocenters. The van der Waals surface area contributed by atoms with E-state index in [1.807, 2.05) is 0 Å². The first kappa shape index (κ1) is 22.3. The summed E-state index contributed by atoms with van der Waals surface area (Å²) >= 11 is 0. The number of unbranched alkanes of at least 4 members (excludes halogenated alkanes) is 2. The number of nitrogens with one attached hydrogen (secondary N) is 1. The predicted octanol–water partition coefficient (Wildman–Crippen LogP) is 4.11. The van der Waals surface area contributed by atoms with Crippen LogP contribution in [0.3, 0.4) is 0 Å². The van der Waals surface area contributed by atoms with Gasteiger partial charge in [0.15, 0.2) is 9.84 Å². The first-order chi connectivity index (χ1) is 13.8. The highest BCUT2D eigenvalue weighted by atomic mass is 32.2. The molecule has 0 spiro atoms. The lowest BCUT2D eigenvalue weighted by atomic mass is 10.1. The summed E-state index contributed by atoms with van der Waals surface area (Å²) in [6, 6.07) is 10.9. The first-order valence-corrected chi connectivity index (χ1v) is 11.0. The van der Waals surface area contributed by atoms with Crippen molar-refractivity contribution >= 4 is 21.5 Å². The third kappa shape index (κ3) is 6.54. The molecule has 0 saturated heterocycles. The minimum Gasteiger partial charge on any atom is -0.481 e. The van der Waals surface area contributed by atoms with Crippen molar-refractivity contribution in [2.45, 2.75) is 38.0 Å². The van der Waals surface area contributed by atoms with Crippen molar-refractivity contribution in [1.82, 2.24) is 0 Å². The lowest BCUT2D eigenvalue weighted by molar-refractivity contribution is 0.0698. The number of para-hydroxylation sites is 1. The molecular formula is C22H25NO5S. The molecule has 0 amide bonds. The number of aryl methyl sites for hydroxylation is 1. The number of benzene rings is 2. The van der Waals surface area contributed by atoms with E-state index in [1.165, 1.54) is 18.2 Å². The minimum atomic E-state index is -3.66. The second-order valence-corrected chi connectivity index (χ2v) is 8.45. The number of rotatable bonds is 9. The molecule has 0 heterocycles. The topological polar surface area (TPSA) is 92.7 Å². The highest BCUT2D eigenvalue weighted by molar-refractivity contribution is 7.91. The Kier molecular flexibility index (Phi) is 8.10. The van der Waals surface area contributed by atoms with Crippen molar-refractivity contribution in [2.75, 3.05) is 17.8 Å². The van der Waals surface area contributed by atoms with E-state index in [0.29, 0.717) is 17.0 Å². The SMILES string of the molecule is CCCCC#CCOc1ccc(S(=O)(=O)CNc2c(C)cccc2C(=O)O)cc1. The average Bonchev–Trinajstić information content (AvgIpc) is 2.70. The predicted molar refractivity (Wildman–Crippen MR) is 113 cm³/mol. The number of carbonyl (C=O) groups is 1. The molecule has 6 nitrogen and oxygen atoms in total. The van der Waals surface area contributed by atoms with Crippen LogP contribution in [0.4, 0.5) is 5.69 Å². The van der Waals surface area contributed by atoms with E-state index in [0.717, 1.165) is 19.3 Å². The Labute approximate surface area is 171 Å². The van der Waals surface area contributed by atoms with Crippen LogP contribution < -0.4 is 10.1 Å². The smallest absolute Gasteiger partial charge is 0.337 e. The summed E-state index contributed by atoms with van der Waals surface area (Å²) in [5, 5.41) is 12.0. The lowest BCUT2D eigenvalue weighted by Gasteiger charge is -2.13. The van der Waals surface area contributed by atoms with Gasteiger partial charge in [-0.15, -0.1) is 0 Å². The number of sulfone groups is 1. The molecule has 0 bridgehead atoms. The summed E-state index contributed by atoms with van der Waals surface area (Å²) in [5.74, 6) is 4.95. The van der Waals surface area contributed by atoms with E-state index in [-0.39, 0.29) is 17.1 Å². The van der Waals surface area contributed by atoms with Gasteiger partial charge < -0.3 is 15.2 Å². The molecule has 0 aliphatic rings. The molecule has 2 N–H and O–H groups in total. The van der Waals surface area contributed by atoms with Crippen molar-refractivity contribution in [3.63, 3.8) is 0 Å². The molecule has 0 saturated carbocycles. The second-order valence-electron chi connectivity index (χ2n) is 6.46. The van der Waals surface area contributed by atoms with Gasteiger partial charge in [0.25, 0.3) is 0 Å². The third-order valence-corrected chi connectivity index (χ3v) is 5.73. The van der Waals surface area contributed by atoms with E-state index < -0.39 is 21.7 Å². The number of hydrogen-bond acceptors (Lipinski definition) is 5. The molecule has 0 aromatic heterocycles. The maximum Gasteiger partial charge on any atom is 0.337 e. The molecule has 7 heteroatoms. The Balaban J connectivity index is 2.01. The summed E-state index contributed by atoms with van der Waals surface area (Å²) < 4.78 is 30.7. The van der Waals surface area contributed by atoms with Crippen molar-refractivity contribution < 1.29 is 23.1 Å². The summed E-state index contributed by atoms with van der Waals surface area (Å²) in [6.45, 7) is 4.08. The molecule has 2 aromatic rings. The van der Waals surface area contributed by atoms with Gasteiger partial charge in [-0.3, -0.25) is 0 Å². The maximum atomic E-state index is 12.6. The number of carboxylic acid groups (broad SMARTS) is 1. The van der Waals surface area contributed by atoms with Crippen LogP contribution in [0.15, 0.2) is 47.4 Å². The van der Waals surface area contributed by atoms with Crippen LogP contribution in [-0.2, 0) is 9.84 Å². The van der Waals surface area contributed by atoms with Crippen LogP contribution in [0, 0.1) is 18.8 Å². The fourth-order valence-corrected chi connectivity index (χ4v) is 3.65. The fraction of sp³-hybridized carbons (Fsp3) is 0.318. The van der Waals surface area contributed by atoms with E-state index >= 15 is 0 Å². The molecule has 154 valence electrons. The molecular weight excluding hydrogens is 390 g/mol. The van der Waals surface area contributed by atoms with Crippen LogP contribution in [0.25, 0.3) is 0 Å².